The highest BCUT2D eigenvalue weighted by atomic mass is 32.2. The summed E-state index contributed by atoms with van der Waals surface area (Å²) in [7, 11) is -2.02. The van der Waals surface area contributed by atoms with Gasteiger partial charge in [-0.05, 0) is 37.6 Å². The molecule has 94 valence electrons. The summed E-state index contributed by atoms with van der Waals surface area (Å²) < 4.78 is 25.6. The summed E-state index contributed by atoms with van der Waals surface area (Å²) >= 11 is 0. The van der Waals surface area contributed by atoms with Crippen molar-refractivity contribution in [3.8, 4) is 0 Å². The van der Waals surface area contributed by atoms with Crippen LogP contribution in [0, 0.1) is 5.92 Å². The molecule has 0 heterocycles. The minimum Gasteiger partial charge on any atom is -0.397 e. The van der Waals surface area contributed by atoms with Gasteiger partial charge >= 0.3 is 0 Å². The minimum atomic E-state index is -3.41. The van der Waals surface area contributed by atoms with Gasteiger partial charge in [0.1, 0.15) is 0 Å². The smallest absolute Gasteiger partial charge is 0.240 e. The summed E-state index contributed by atoms with van der Waals surface area (Å²) in [5.41, 5.74) is 7.08. The number of nitrogen functional groups attached to an aromatic ring is 1. The topological polar surface area (TPSA) is 84.2 Å². The predicted molar refractivity (Wildman–Crippen MR) is 68.3 cm³/mol. The van der Waals surface area contributed by atoms with E-state index in [1.807, 2.05) is 0 Å². The number of anilines is 2. The third-order valence-corrected chi connectivity index (χ3v) is 4.47. The van der Waals surface area contributed by atoms with Gasteiger partial charge in [-0.25, -0.2) is 13.1 Å². The highest BCUT2D eigenvalue weighted by Crippen LogP contribution is 2.34. The number of hydrogen-bond donors (Lipinski definition) is 3. The molecule has 1 aromatic rings. The lowest BCUT2D eigenvalue weighted by Gasteiger charge is -2.11. The zero-order valence-corrected chi connectivity index (χ0v) is 10.7. The van der Waals surface area contributed by atoms with Crippen molar-refractivity contribution in [2.75, 3.05) is 18.1 Å². The maximum Gasteiger partial charge on any atom is 0.240 e. The fourth-order valence-electron chi connectivity index (χ4n) is 1.67. The van der Waals surface area contributed by atoms with E-state index in [2.05, 4.69) is 17.0 Å². The fraction of sp³-hybridized carbons (Fsp3) is 0.455. The van der Waals surface area contributed by atoms with Crippen LogP contribution in [-0.2, 0) is 10.0 Å². The average molecular weight is 255 g/mol. The van der Waals surface area contributed by atoms with Gasteiger partial charge < -0.3 is 11.1 Å². The molecular weight excluding hydrogens is 238 g/mol. The van der Waals surface area contributed by atoms with Crippen molar-refractivity contribution in [3.63, 3.8) is 0 Å². The number of nitrogens with one attached hydrogen (secondary N) is 2. The van der Waals surface area contributed by atoms with Crippen LogP contribution in [-0.4, -0.2) is 21.5 Å². The van der Waals surface area contributed by atoms with E-state index in [-0.39, 0.29) is 4.90 Å². The molecule has 2 rings (SSSR count). The Labute approximate surface area is 101 Å². The first kappa shape index (κ1) is 12.2. The Kier molecular flexibility index (Phi) is 3.01. The Morgan fingerprint density at radius 1 is 1.41 bits per heavy atom. The lowest BCUT2D eigenvalue weighted by atomic mass is 10.2. The van der Waals surface area contributed by atoms with Gasteiger partial charge in [0.25, 0.3) is 0 Å². The first-order chi connectivity index (χ1) is 7.94. The molecule has 1 fully saturated rings. The lowest BCUT2D eigenvalue weighted by Crippen LogP contribution is -2.19. The van der Waals surface area contributed by atoms with Gasteiger partial charge in [0.05, 0.1) is 16.3 Å². The maximum absolute atomic E-state index is 11.7. The van der Waals surface area contributed by atoms with E-state index in [9.17, 15) is 8.42 Å². The molecule has 17 heavy (non-hydrogen) atoms. The average Bonchev–Trinajstić information content (AvgIpc) is 2.97. The van der Waals surface area contributed by atoms with Crippen molar-refractivity contribution in [1.82, 2.24) is 4.72 Å². The Balaban J connectivity index is 2.29. The van der Waals surface area contributed by atoms with Gasteiger partial charge in [0.2, 0.25) is 10.0 Å². The van der Waals surface area contributed by atoms with Crippen LogP contribution >= 0.6 is 0 Å². The van der Waals surface area contributed by atoms with E-state index < -0.39 is 10.0 Å². The van der Waals surface area contributed by atoms with E-state index in [4.69, 9.17) is 5.73 Å². The third-order valence-electron chi connectivity index (χ3n) is 3.05. The summed E-state index contributed by atoms with van der Waals surface area (Å²) in [6, 6.07) is 5.10. The third kappa shape index (κ3) is 2.53. The number of nitrogens with two attached hydrogens (primary N) is 1. The summed E-state index contributed by atoms with van der Waals surface area (Å²) in [5, 5.41) is 3.25. The van der Waals surface area contributed by atoms with Gasteiger partial charge in [0.15, 0.2) is 0 Å². The number of rotatable bonds is 4. The van der Waals surface area contributed by atoms with Crippen LogP contribution in [0.5, 0.6) is 0 Å². The molecule has 2 atom stereocenters. The quantitative estimate of drug-likeness (QED) is 0.701. The molecule has 0 saturated heterocycles. The van der Waals surface area contributed by atoms with Gasteiger partial charge in [-0.1, -0.05) is 6.92 Å². The molecule has 0 aliphatic heterocycles. The van der Waals surface area contributed by atoms with Crippen LogP contribution in [0.2, 0.25) is 0 Å². The molecule has 1 aliphatic rings. The highest BCUT2D eigenvalue weighted by molar-refractivity contribution is 7.89. The van der Waals surface area contributed by atoms with Gasteiger partial charge in [-0.15, -0.1) is 0 Å². The standard InChI is InChI=1S/C11H17N3O2S/c1-7-5-10(7)14-11-6-8(3-4-9(11)12)17(15,16)13-2/h3-4,6-7,10,13-14H,5,12H2,1-2H3. The Morgan fingerprint density at radius 3 is 2.59 bits per heavy atom. The molecule has 1 saturated carbocycles. The van der Waals surface area contributed by atoms with Crippen LogP contribution in [0.4, 0.5) is 11.4 Å². The van der Waals surface area contributed by atoms with Crippen LogP contribution in [0.3, 0.4) is 0 Å². The van der Waals surface area contributed by atoms with E-state index in [0.717, 1.165) is 6.42 Å². The Morgan fingerprint density at radius 2 is 2.06 bits per heavy atom. The first-order valence-electron chi connectivity index (χ1n) is 5.53. The highest BCUT2D eigenvalue weighted by Gasteiger charge is 2.32. The summed E-state index contributed by atoms with van der Waals surface area (Å²) in [6.07, 6.45) is 1.10. The maximum atomic E-state index is 11.7. The monoisotopic (exact) mass is 255 g/mol. The zero-order valence-electron chi connectivity index (χ0n) is 9.90. The Hall–Kier alpha value is -1.27. The molecular formula is C11H17N3O2S. The van der Waals surface area contributed by atoms with Crippen molar-refractivity contribution in [3.05, 3.63) is 18.2 Å². The van der Waals surface area contributed by atoms with Gasteiger partial charge in [0, 0.05) is 6.04 Å². The molecule has 5 nitrogen and oxygen atoms in total. The van der Waals surface area contributed by atoms with Gasteiger partial charge in [-0.2, -0.15) is 0 Å². The summed E-state index contributed by atoms with van der Waals surface area (Å²) in [6.45, 7) is 2.14. The van der Waals surface area contributed by atoms with Crippen LogP contribution in [0.15, 0.2) is 23.1 Å². The molecule has 1 aliphatic carbocycles. The van der Waals surface area contributed by atoms with E-state index in [1.165, 1.54) is 13.1 Å². The van der Waals surface area contributed by atoms with Crippen molar-refractivity contribution in [2.24, 2.45) is 5.92 Å². The molecule has 0 radical (unpaired) electrons. The molecule has 0 spiro atoms. The fourth-order valence-corrected chi connectivity index (χ4v) is 2.42. The largest absolute Gasteiger partial charge is 0.397 e. The molecule has 0 amide bonds. The second-order valence-corrected chi connectivity index (χ2v) is 6.31. The lowest BCUT2D eigenvalue weighted by molar-refractivity contribution is 0.588. The zero-order chi connectivity index (χ0) is 12.6. The van der Waals surface area contributed by atoms with E-state index in [0.29, 0.717) is 23.3 Å². The van der Waals surface area contributed by atoms with Crippen molar-refractivity contribution < 1.29 is 8.42 Å². The predicted octanol–water partition coefficient (Wildman–Crippen LogP) is 0.997. The van der Waals surface area contributed by atoms with Crippen LogP contribution < -0.4 is 15.8 Å². The number of hydrogen-bond acceptors (Lipinski definition) is 4. The van der Waals surface area contributed by atoms with Gasteiger partial charge in [-0.3, -0.25) is 0 Å². The van der Waals surface area contributed by atoms with Crippen LogP contribution in [0.25, 0.3) is 0 Å². The molecule has 0 aromatic heterocycles. The number of benzene rings is 1. The SMILES string of the molecule is CNS(=O)(=O)c1ccc(N)c(NC2CC2C)c1. The molecule has 1 aromatic carbocycles. The molecule has 4 N–H and O–H groups in total. The summed E-state index contributed by atoms with van der Waals surface area (Å²) in [4.78, 5) is 0.227. The molecule has 6 heteroatoms. The Bertz CT molecular complexity index is 528. The second-order valence-electron chi connectivity index (χ2n) is 4.42. The van der Waals surface area contributed by atoms with Crippen molar-refractivity contribution in [1.29, 1.82) is 0 Å². The number of sulfonamides is 1. The normalized spacial score (nSPS) is 23.4. The minimum absolute atomic E-state index is 0.227. The van der Waals surface area contributed by atoms with E-state index in [1.54, 1.807) is 12.1 Å². The summed E-state index contributed by atoms with van der Waals surface area (Å²) in [5.74, 6) is 0.624. The van der Waals surface area contributed by atoms with E-state index >= 15 is 0 Å². The molecule has 0 bridgehead atoms. The van der Waals surface area contributed by atoms with Crippen molar-refractivity contribution >= 4 is 21.4 Å². The first-order valence-corrected chi connectivity index (χ1v) is 7.02. The second kappa shape index (κ2) is 4.19. The van der Waals surface area contributed by atoms with Crippen LogP contribution in [0.1, 0.15) is 13.3 Å². The van der Waals surface area contributed by atoms with Crippen molar-refractivity contribution in [2.45, 2.75) is 24.3 Å². The molecule has 2 unspecified atom stereocenters.